The monoisotopic (exact) mass is 294 g/mol. The van der Waals surface area contributed by atoms with E-state index < -0.39 is 5.92 Å². The molecular formula is C15H26N4O2. The van der Waals surface area contributed by atoms with Crippen molar-refractivity contribution in [2.45, 2.75) is 39.7 Å². The Morgan fingerprint density at radius 1 is 1.29 bits per heavy atom. The second kappa shape index (κ2) is 7.13. The van der Waals surface area contributed by atoms with Crippen molar-refractivity contribution in [3.8, 4) is 0 Å². The maximum absolute atomic E-state index is 12.2. The number of aliphatic imine (C=N–C) groups is 1. The molecule has 0 radical (unpaired) electrons. The van der Waals surface area contributed by atoms with E-state index in [2.05, 4.69) is 27.4 Å². The summed E-state index contributed by atoms with van der Waals surface area (Å²) in [6, 6.07) is 0.0399. The summed E-state index contributed by atoms with van der Waals surface area (Å²) in [6.07, 6.45) is 1.89. The van der Waals surface area contributed by atoms with Gasteiger partial charge in [-0.1, -0.05) is 27.2 Å². The molecular weight excluding hydrogens is 268 g/mol. The van der Waals surface area contributed by atoms with Gasteiger partial charge in [0.2, 0.25) is 5.91 Å². The largest absolute Gasteiger partial charge is 0.314 e. The topological polar surface area (TPSA) is 73.8 Å². The molecule has 2 amide bonds. The molecule has 0 aromatic carbocycles. The normalized spacial score (nSPS) is 25.7. The molecule has 0 bridgehead atoms. The van der Waals surface area contributed by atoms with Gasteiger partial charge in [-0.15, -0.1) is 0 Å². The number of hydrogen-bond acceptors (Lipinski definition) is 4. The van der Waals surface area contributed by atoms with Crippen LogP contribution in [0, 0.1) is 11.8 Å². The zero-order valence-electron chi connectivity index (χ0n) is 13.2. The molecule has 1 fully saturated rings. The number of carbonyl (C=O) groups is 2. The molecule has 2 aliphatic heterocycles. The molecule has 2 unspecified atom stereocenters. The lowest BCUT2D eigenvalue weighted by Gasteiger charge is -2.37. The predicted octanol–water partition coefficient (Wildman–Crippen LogP) is 0.387. The molecule has 0 aromatic heterocycles. The molecule has 0 aromatic rings. The van der Waals surface area contributed by atoms with Gasteiger partial charge < -0.3 is 10.6 Å². The molecule has 2 atom stereocenters. The fourth-order valence-corrected chi connectivity index (χ4v) is 3.04. The van der Waals surface area contributed by atoms with Crippen molar-refractivity contribution in [2.75, 3.05) is 26.2 Å². The predicted molar refractivity (Wildman–Crippen MR) is 82.1 cm³/mol. The van der Waals surface area contributed by atoms with Crippen LogP contribution in [-0.4, -0.2) is 54.8 Å². The zero-order chi connectivity index (χ0) is 15.4. The minimum absolute atomic E-state index is 0.0217. The Bertz CT molecular complexity index is 427. The lowest BCUT2D eigenvalue weighted by Crippen LogP contribution is -2.57. The van der Waals surface area contributed by atoms with Crippen molar-refractivity contribution < 1.29 is 9.59 Å². The van der Waals surface area contributed by atoms with Crippen molar-refractivity contribution in [3.05, 3.63) is 0 Å². The van der Waals surface area contributed by atoms with Crippen molar-refractivity contribution in [2.24, 2.45) is 16.8 Å². The molecule has 118 valence electrons. The first kappa shape index (κ1) is 16.1. The standard InChI is InChI=1S/C15H26N4O2/c1-4-5-11(19-8-6-16-7-9-19)13-17-14(20)12(10(2)3)15(21)18-13/h10-12,16H,4-9H2,1-3H3,(H,17,18,20,21). The van der Waals surface area contributed by atoms with Gasteiger partial charge in [-0.25, -0.2) is 0 Å². The van der Waals surface area contributed by atoms with E-state index >= 15 is 0 Å². The smallest absolute Gasteiger partial charge is 0.260 e. The third kappa shape index (κ3) is 3.68. The number of rotatable bonds is 5. The van der Waals surface area contributed by atoms with Crippen LogP contribution in [0.2, 0.25) is 0 Å². The molecule has 0 saturated carbocycles. The summed E-state index contributed by atoms with van der Waals surface area (Å²) in [5.41, 5.74) is 0. The molecule has 6 heteroatoms. The fourth-order valence-electron chi connectivity index (χ4n) is 3.04. The molecule has 6 nitrogen and oxygen atoms in total. The van der Waals surface area contributed by atoms with Crippen LogP contribution in [0.3, 0.4) is 0 Å². The van der Waals surface area contributed by atoms with Gasteiger partial charge in [0.1, 0.15) is 11.8 Å². The van der Waals surface area contributed by atoms with Gasteiger partial charge in [-0.2, -0.15) is 4.99 Å². The van der Waals surface area contributed by atoms with Crippen LogP contribution in [0.1, 0.15) is 33.6 Å². The Kier molecular flexibility index (Phi) is 5.47. The number of amidine groups is 1. The molecule has 0 aliphatic carbocycles. The highest BCUT2D eigenvalue weighted by Gasteiger charge is 2.37. The SMILES string of the molecule is CCCC(C1=NC(=O)C(C(C)C)C(=O)N1)N1CCNCC1. The van der Waals surface area contributed by atoms with Crippen LogP contribution in [0.4, 0.5) is 0 Å². The van der Waals surface area contributed by atoms with Crippen molar-refractivity contribution in [3.63, 3.8) is 0 Å². The Morgan fingerprint density at radius 3 is 2.48 bits per heavy atom. The lowest BCUT2D eigenvalue weighted by molar-refractivity contribution is -0.135. The van der Waals surface area contributed by atoms with Gasteiger partial charge in [0.15, 0.2) is 0 Å². The summed E-state index contributed by atoms with van der Waals surface area (Å²) in [5.74, 6) is -0.604. The van der Waals surface area contributed by atoms with Gasteiger partial charge >= 0.3 is 0 Å². The summed E-state index contributed by atoms with van der Waals surface area (Å²) in [6.45, 7) is 9.57. The first-order valence-electron chi connectivity index (χ1n) is 7.92. The Balaban J connectivity index is 2.18. The van der Waals surface area contributed by atoms with E-state index in [1.165, 1.54) is 0 Å². The van der Waals surface area contributed by atoms with Crippen molar-refractivity contribution in [1.82, 2.24) is 15.5 Å². The van der Waals surface area contributed by atoms with Crippen LogP contribution >= 0.6 is 0 Å². The molecule has 1 saturated heterocycles. The quantitative estimate of drug-likeness (QED) is 0.719. The van der Waals surface area contributed by atoms with Crippen LogP contribution in [0.5, 0.6) is 0 Å². The summed E-state index contributed by atoms with van der Waals surface area (Å²) in [7, 11) is 0. The van der Waals surface area contributed by atoms with E-state index in [0.29, 0.717) is 5.84 Å². The number of piperazine rings is 1. The van der Waals surface area contributed by atoms with Gasteiger partial charge in [-0.05, 0) is 12.3 Å². The van der Waals surface area contributed by atoms with E-state index in [0.717, 1.165) is 39.0 Å². The third-order valence-corrected chi connectivity index (χ3v) is 4.17. The molecule has 2 rings (SSSR count). The number of nitrogens with one attached hydrogen (secondary N) is 2. The lowest BCUT2D eigenvalue weighted by atomic mass is 9.92. The molecule has 21 heavy (non-hydrogen) atoms. The van der Waals surface area contributed by atoms with Crippen LogP contribution in [0.15, 0.2) is 4.99 Å². The van der Waals surface area contributed by atoms with E-state index in [1.807, 2.05) is 13.8 Å². The maximum atomic E-state index is 12.2. The molecule has 2 heterocycles. The third-order valence-electron chi connectivity index (χ3n) is 4.17. The Hall–Kier alpha value is -1.27. The average Bonchev–Trinajstić information content (AvgIpc) is 2.44. The molecule has 2 N–H and O–H groups in total. The van der Waals surface area contributed by atoms with E-state index in [-0.39, 0.29) is 23.8 Å². The van der Waals surface area contributed by atoms with E-state index in [9.17, 15) is 9.59 Å². The van der Waals surface area contributed by atoms with Gasteiger partial charge in [0.05, 0.1) is 6.04 Å². The van der Waals surface area contributed by atoms with Gasteiger partial charge in [-0.3, -0.25) is 14.5 Å². The maximum Gasteiger partial charge on any atom is 0.260 e. The average molecular weight is 294 g/mol. The minimum atomic E-state index is -0.640. The summed E-state index contributed by atoms with van der Waals surface area (Å²) in [4.78, 5) is 30.9. The second-order valence-electron chi connectivity index (χ2n) is 6.14. The highest BCUT2D eigenvalue weighted by atomic mass is 16.2. The highest BCUT2D eigenvalue weighted by molar-refractivity contribution is 6.17. The minimum Gasteiger partial charge on any atom is -0.314 e. The highest BCUT2D eigenvalue weighted by Crippen LogP contribution is 2.19. The number of amides is 2. The summed E-state index contributed by atoms with van der Waals surface area (Å²) >= 11 is 0. The van der Waals surface area contributed by atoms with Crippen molar-refractivity contribution >= 4 is 17.6 Å². The van der Waals surface area contributed by atoms with Crippen LogP contribution in [0.25, 0.3) is 0 Å². The van der Waals surface area contributed by atoms with Crippen LogP contribution < -0.4 is 10.6 Å². The number of carbonyl (C=O) groups excluding carboxylic acids is 2. The number of hydrogen-bond donors (Lipinski definition) is 2. The first-order valence-corrected chi connectivity index (χ1v) is 7.92. The van der Waals surface area contributed by atoms with E-state index in [4.69, 9.17) is 0 Å². The van der Waals surface area contributed by atoms with Gasteiger partial charge in [0.25, 0.3) is 5.91 Å². The van der Waals surface area contributed by atoms with Gasteiger partial charge in [0, 0.05) is 26.2 Å². The fraction of sp³-hybridized carbons (Fsp3) is 0.800. The van der Waals surface area contributed by atoms with Crippen LogP contribution in [-0.2, 0) is 9.59 Å². The Morgan fingerprint density at radius 2 is 1.95 bits per heavy atom. The molecule has 0 spiro atoms. The first-order chi connectivity index (χ1) is 10.0. The summed E-state index contributed by atoms with van der Waals surface area (Å²) < 4.78 is 0. The second-order valence-corrected chi connectivity index (χ2v) is 6.14. The summed E-state index contributed by atoms with van der Waals surface area (Å²) in [5, 5.41) is 6.21. The Labute approximate surface area is 126 Å². The van der Waals surface area contributed by atoms with E-state index in [1.54, 1.807) is 0 Å². The van der Waals surface area contributed by atoms with Crippen molar-refractivity contribution in [1.29, 1.82) is 0 Å². The zero-order valence-corrected chi connectivity index (χ0v) is 13.2. The molecule has 2 aliphatic rings. The number of nitrogens with zero attached hydrogens (tertiary/aromatic N) is 2.